The largest absolute Gasteiger partial charge is 0.409 e. The smallest absolute Gasteiger partial charge is 0.153 e. The number of nitrogens with zero attached hydrogens (tertiary/aromatic N) is 4. The van der Waals surface area contributed by atoms with E-state index in [1.165, 1.54) is 0 Å². The van der Waals surface area contributed by atoms with Crippen molar-refractivity contribution in [1.82, 2.24) is 14.7 Å². The standard InChI is InChI=1S/C9H17N5O/c1-2-13(8-9(10)12-15)6-7-14-5-3-4-11-14/h3-5,15H,2,6-8H2,1H3,(H2,10,12). The minimum atomic E-state index is 0.234. The molecule has 6 nitrogen and oxygen atoms in total. The van der Waals surface area contributed by atoms with Gasteiger partial charge in [0.25, 0.3) is 0 Å². The first kappa shape index (κ1) is 11.5. The second-order valence-corrected chi connectivity index (χ2v) is 3.23. The van der Waals surface area contributed by atoms with E-state index >= 15 is 0 Å². The van der Waals surface area contributed by atoms with Crippen molar-refractivity contribution in [3.8, 4) is 0 Å². The minimum absolute atomic E-state index is 0.234. The Labute approximate surface area is 89.0 Å². The van der Waals surface area contributed by atoms with E-state index in [1.807, 2.05) is 23.9 Å². The van der Waals surface area contributed by atoms with Crippen molar-refractivity contribution in [2.24, 2.45) is 10.9 Å². The molecule has 15 heavy (non-hydrogen) atoms. The zero-order valence-electron chi connectivity index (χ0n) is 8.87. The van der Waals surface area contributed by atoms with Crippen LogP contribution in [0.4, 0.5) is 0 Å². The monoisotopic (exact) mass is 211 g/mol. The van der Waals surface area contributed by atoms with Crippen LogP contribution in [0.1, 0.15) is 6.92 Å². The van der Waals surface area contributed by atoms with Crippen LogP contribution in [0.15, 0.2) is 23.6 Å². The predicted molar refractivity (Wildman–Crippen MR) is 57.7 cm³/mol. The van der Waals surface area contributed by atoms with E-state index in [9.17, 15) is 0 Å². The summed E-state index contributed by atoms with van der Waals surface area (Å²) in [6.07, 6.45) is 3.66. The SMILES string of the molecule is CCN(CCn1cccn1)CC(N)=NO. The highest BCUT2D eigenvalue weighted by Crippen LogP contribution is 1.91. The Morgan fingerprint density at radius 3 is 3.00 bits per heavy atom. The van der Waals surface area contributed by atoms with Crippen LogP contribution in [-0.4, -0.2) is 45.4 Å². The number of amidine groups is 1. The molecule has 0 unspecified atom stereocenters. The van der Waals surface area contributed by atoms with Gasteiger partial charge in [0.05, 0.1) is 13.1 Å². The summed E-state index contributed by atoms with van der Waals surface area (Å²) in [6, 6.07) is 1.89. The molecule has 0 radical (unpaired) electrons. The minimum Gasteiger partial charge on any atom is -0.409 e. The quantitative estimate of drug-likeness (QED) is 0.299. The van der Waals surface area contributed by atoms with Crippen molar-refractivity contribution in [2.45, 2.75) is 13.5 Å². The van der Waals surface area contributed by atoms with Gasteiger partial charge < -0.3 is 10.9 Å². The van der Waals surface area contributed by atoms with Crippen LogP contribution in [0.5, 0.6) is 0 Å². The Kier molecular flexibility index (Phi) is 4.62. The summed E-state index contributed by atoms with van der Waals surface area (Å²) < 4.78 is 1.86. The molecule has 0 aromatic carbocycles. The molecule has 1 aromatic rings. The zero-order valence-corrected chi connectivity index (χ0v) is 8.87. The first-order chi connectivity index (χ1) is 7.26. The lowest BCUT2D eigenvalue weighted by Gasteiger charge is -2.19. The average Bonchev–Trinajstić information content (AvgIpc) is 2.76. The van der Waals surface area contributed by atoms with Gasteiger partial charge in [0.1, 0.15) is 0 Å². The van der Waals surface area contributed by atoms with E-state index in [4.69, 9.17) is 10.9 Å². The van der Waals surface area contributed by atoms with Crippen molar-refractivity contribution >= 4 is 5.84 Å². The highest BCUT2D eigenvalue weighted by atomic mass is 16.4. The molecule has 0 amide bonds. The maximum Gasteiger partial charge on any atom is 0.153 e. The van der Waals surface area contributed by atoms with Gasteiger partial charge in [0, 0.05) is 18.9 Å². The molecule has 3 N–H and O–H groups in total. The number of oxime groups is 1. The Bertz CT molecular complexity index is 295. The summed E-state index contributed by atoms with van der Waals surface area (Å²) in [6.45, 7) is 5.01. The molecule has 0 aliphatic carbocycles. The van der Waals surface area contributed by atoms with Crippen LogP contribution in [0.3, 0.4) is 0 Å². The third kappa shape index (κ3) is 3.99. The predicted octanol–water partition coefficient (Wildman–Crippen LogP) is -0.0486. The molecule has 1 aromatic heterocycles. The summed E-state index contributed by atoms with van der Waals surface area (Å²) in [4.78, 5) is 2.08. The molecule has 0 fully saturated rings. The van der Waals surface area contributed by atoms with Gasteiger partial charge in [0.2, 0.25) is 0 Å². The van der Waals surface area contributed by atoms with Gasteiger partial charge in [-0.05, 0) is 12.6 Å². The molecular weight excluding hydrogens is 194 g/mol. The third-order valence-electron chi connectivity index (χ3n) is 2.17. The average molecular weight is 211 g/mol. The van der Waals surface area contributed by atoms with E-state index in [-0.39, 0.29) is 5.84 Å². The molecule has 0 saturated heterocycles. The molecule has 1 rings (SSSR count). The van der Waals surface area contributed by atoms with Crippen molar-refractivity contribution in [3.63, 3.8) is 0 Å². The normalized spacial score (nSPS) is 12.3. The number of hydrogen-bond acceptors (Lipinski definition) is 4. The Hall–Kier alpha value is -1.56. The summed E-state index contributed by atoms with van der Waals surface area (Å²) in [7, 11) is 0. The maximum absolute atomic E-state index is 8.45. The zero-order chi connectivity index (χ0) is 11.1. The molecule has 1 heterocycles. The molecule has 0 saturated carbocycles. The van der Waals surface area contributed by atoms with E-state index in [0.29, 0.717) is 6.54 Å². The summed E-state index contributed by atoms with van der Waals surface area (Å²) in [5.41, 5.74) is 5.43. The highest BCUT2D eigenvalue weighted by molar-refractivity contribution is 5.81. The van der Waals surface area contributed by atoms with Crippen molar-refractivity contribution < 1.29 is 5.21 Å². The first-order valence-corrected chi connectivity index (χ1v) is 4.92. The van der Waals surface area contributed by atoms with Crippen molar-refractivity contribution in [2.75, 3.05) is 19.6 Å². The summed E-state index contributed by atoms with van der Waals surface area (Å²) >= 11 is 0. The summed E-state index contributed by atoms with van der Waals surface area (Å²) in [5.74, 6) is 0.234. The van der Waals surface area contributed by atoms with Gasteiger partial charge in [-0.25, -0.2) is 0 Å². The Balaban J connectivity index is 2.34. The Morgan fingerprint density at radius 2 is 2.47 bits per heavy atom. The lowest BCUT2D eigenvalue weighted by atomic mass is 10.4. The molecule has 0 aliphatic rings. The van der Waals surface area contributed by atoms with Crippen molar-refractivity contribution in [1.29, 1.82) is 0 Å². The van der Waals surface area contributed by atoms with Crippen LogP contribution in [0.2, 0.25) is 0 Å². The fraction of sp³-hybridized carbons (Fsp3) is 0.556. The first-order valence-electron chi connectivity index (χ1n) is 4.92. The topological polar surface area (TPSA) is 79.7 Å². The van der Waals surface area contributed by atoms with Crippen LogP contribution in [0.25, 0.3) is 0 Å². The van der Waals surface area contributed by atoms with Crippen LogP contribution in [0, 0.1) is 0 Å². The fourth-order valence-corrected chi connectivity index (χ4v) is 1.29. The molecule has 0 bridgehead atoms. The van der Waals surface area contributed by atoms with Crippen molar-refractivity contribution in [3.05, 3.63) is 18.5 Å². The number of aromatic nitrogens is 2. The molecule has 0 aliphatic heterocycles. The van der Waals surface area contributed by atoms with Gasteiger partial charge in [-0.1, -0.05) is 12.1 Å². The highest BCUT2D eigenvalue weighted by Gasteiger charge is 2.04. The second-order valence-electron chi connectivity index (χ2n) is 3.23. The van der Waals surface area contributed by atoms with Gasteiger partial charge in [-0.15, -0.1) is 0 Å². The summed E-state index contributed by atoms with van der Waals surface area (Å²) in [5, 5.41) is 15.5. The van der Waals surface area contributed by atoms with Crippen LogP contribution >= 0.6 is 0 Å². The van der Waals surface area contributed by atoms with Crippen LogP contribution < -0.4 is 5.73 Å². The molecular formula is C9H17N5O. The molecule has 0 spiro atoms. The lowest BCUT2D eigenvalue weighted by Crippen LogP contribution is -2.36. The number of nitrogens with two attached hydrogens (primary N) is 1. The van der Waals surface area contributed by atoms with Gasteiger partial charge in [-0.2, -0.15) is 5.10 Å². The molecule has 0 atom stereocenters. The van der Waals surface area contributed by atoms with Crippen LogP contribution in [-0.2, 0) is 6.54 Å². The molecule has 6 heteroatoms. The van der Waals surface area contributed by atoms with E-state index in [1.54, 1.807) is 6.20 Å². The van der Waals surface area contributed by atoms with Gasteiger partial charge in [0.15, 0.2) is 5.84 Å². The Morgan fingerprint density at radius 1 is 1.67 bits per heavy atom. The third-order valence-corrected chi connectivity index (χ3v) is 2.17. The maximum atomic E-state index is 8.45. The van der Waals surface area contributed by atoms with Gasteiger partial charge in [-0.3, -0.25) is 9.58 Å². The number of rotatable bonds is 6. The molecule has 84 valence electrons. The van der Waals surface area contributed by atoms with E-state index in [0.717, 1.165) is 19.6 Å². The van der Waals surface area contributed by atoms with Gasteiger partial charge >= 0.3 is 0 Å². The second kappa shape index (κ2) is 6.02. The number of likely N-dealkylation sites (N-methyl/N-ethyl adjacent to an activating group) is 1. The van der Waals surface area contributed by atoms with E-state index in [2.05, 4.69) is 15.2 Å². The lowest BCUT2D eigenvalue weighted by molar-refractivity contribution is 0.288. The fourth-order valence-electron chi connectivity index (χ4n) is 1.29. The number of hydrogen-bond donors (Lipinski definition) is 2. The van der Waals surface area contributed by atoms with E-state index < -0.39 is 0 Å².